The van der Waals surface area contributed by atoms with Crippen LogP contribution in [0.5, 0.6) is 0 Å². The quantitative estimate of drug-likeness (QED) is 0.669. The van der Waals surface area contributed by atoms with Crippen molar-refractivity contribution in [2.45, 2.75) is 13.3 Å². The van der Waals surface area contributed by atoms with Gasteiger partial charge >= 0.3 is 5.97 Å². The Morgan fingerprint density at radius 2 is 2.21 bits per heavy atom. The van der Waals surface area contributed by atoms with Crippen molar-refractivity contribution in [3.05, 3.63) is 36.7 Å². The van der Waals surface area contributed by atoms with Crippen molar-refractivity contribution >= 4 is 61.5 Å². The molecule has 0 fully saturated rings. The van der Waals surface area contributed by atoms with E-state index in [2.05, 4.69) is 38.5 Å². The van der Waals surface area contributed by atoms with Gasteiger partial charge in [0.05, 0.1) is 5.69 Å². The van der Waals surface area contributed by atoms with Crippen LogP contribution in [0.2, 0.25) is 0 Å². The Kier molecular flexibility index (Phi) is 4.52. The van der Waals surface area contributed by atoms with E-state index in [0.717, 1.165) is 24.0 Å². The number of nitrogen functional groups attached to an aromatic ring is 1. The van der Waals surface area contributed by atoms with Gasteiger partial charge in [0.2, 0.25) is 0 Å². The van der Waals surface area contributed by atoms with Crippen LogP contribution < -0.4 is 5.73 Å². The van der Waals surface area contributed by atoms with Crippen LogP contribution in [0.4, 0.5) is 5.69 Å². The van der Waals surface area contributed by atoms with E-state index in [1.807, 2.05) is 25.1 Å². The second kappa shape index (κ2) is 5.80. The molecule has 1 heterocycles. The standard InChI is InChI=1S/C13H11BrINO2S/c1-2-7-10(16)12(13(17)18)19-11(7)8-5-6(15)3-4-9(8)14/h3-5H,2,16H2,1H3,(H,17,18). The Morgan fingerprint density at radius 1 is 1.53 bits per heavy atom. The van der Waals surface area contributed by atoms with E-state index in [-0.39, 0.29) is 4.88 Å². The van der Waals surface area contributed by atoms with Crippen molar-refractivity contribution in [2.24, 2.45) is 0 Å². The largest absolute Gasteiger partial charge is 0.477 e. The maximum Gasteiger partial charge on any atom is 0.348 e. The van der Waals surface area contributed by atoms with Crippen LogP contribution in [0.1, 0.15) is 22.2 Å². The van der Waals surface area contributed by atoms with E-state index in [1.54, 1.807) is 0 Å². The molecule has 1 aromatic heterocycles. The zero-order valence-electron chi connectivity index (χ0n) is 10.0. The third-order valence-corrected chi connectivity index (χ3v) is 5.40. The van der Waals surface area contributed by atoms with Crippen molar-refractivity contribution in [2.75, 3.05) is 5.73 Å². The molecule has 0 unspecified atom stereocenters. The number of hydrogen-bond donors (Lipinski definition) is 2. The Labute approximate surface area is 137 Å². The molecule has 0 radical (unpaired) electrons. The van der Waals surface area contributed by atoms with E-state index < -0.39 is 5.97 Å². The molecular weight excluding hydrogens is 441 g/mol. The zero-order valence-corrected chi connectivity index (χ0v) is 14.6. The summed E-state index contributed by atoms with van der Waals surface area (Å²) in [4.78, 5) is 12.4. The summed E-state index contributed by atoms with van der Waals surface area (Å²) in [5.74, 6) is -0.967. The number of benzene rings is 1. The fraction of sp³-hybridized carbons (Fsp3) is 0.154. The lowest BCUT2D eigenvalue weighted by molar-refractivity contribution is 0.0703. The van der Waals surface area contributed by atoms with Gasteiger partial charge in [-0.25, -0.2) is 4.79 Å². The first-order chi connectivity index (χ1) is 8.95. The Hall–Kier alpha value is -0.600. The molecule has 0 atom stereocenters. The highest BCUT2D eigenvalue weighted by Crippen LogP contribution is 2.42. The number of rotatable bonds is 3. The monoisotopic (exact) mass is 451 g/mol. The average molecular weight is 452 g/mol. The SMILES string of the molecule is CCc1c(-c2cc(I)ccc2Br)sc(C(=O)O)c1N. The fourth-order valence-electron chi connectivity index (χ4n) is 1.88. The number of hydrogen-bond acceptors (Lipinski definition) is 3. The van der Waals surface area contributed by atoms with Crippen LogP contribution in [-0.2, 0) is 6.42 Å². The molecule has 100 valence electrons. The van der Waals surface area contributed by atoms with Crippen LogP contribution in [0, 0.1) is 3.57 Å². The summed E-state index contributed by atoms with van der Waals surface area (Å²) in [6, 6.07) is 5.99. The number of aromatic carboxylic acids is 1. The van der Waals surface area contributed by atoms with Gasteiger partial charge in [0.15, 0.2) is 0 Å². The minimum Gasteiger partial charge on any atom is -0.477 e. The van der Waals surface area contributed by atoms with Gasteiger partial charge in [-0.3, -0.25) is 0 Å². The Morgan fingerprint density at radius 3 is 2.79 bits per heavy atom. The molecule has 0 bridgehead atoms. The van der Waals surface area contributed by atoms with Gasteiger partial charge in [-0.15, -0.1) is 11.3 Å². The third kappa shape index (κ3) is 2.80. The van der Waals surface area contributed by atoms with E-state index in [9.17, 15) is 9.90 Å². The number of anilines is 1. The highest BCUT2D eigenvalue weighted by Gasteiger charge is 2.21. The van der Waals surface area contributed by atoms with E-state index in [4.69, 9.17) is 5.73 Å². The van der Waals surface area contributed by atoms with Crippen molar-refractivity contribution in [3.8, 4) is 10.4 Å². The number of carboxylic acid groups (broad SMARTS) is 1. The molecule has 3 nitrogen and oxygen atoms in total. The first kappa shape index (κ1) is 14.8. The van der Waals surface area contributed by atoms with Crippen LogP contribution in [0.25, 0.3) is 10.4 Å². The minimum atomic E-state index is -0.967. The smallest absolute Gasteiger partial charge is 0.348 e. The van der Waals surface area contributed by atoms with E-state index in [0.29, 0.717) is 12.1 Å². The predicted octanol–water partition coefficient (Wildman–Crippen LogP) is 4.63. The molecule has 0 aliphatic carbocycles. The molecule has 19 heavy (non-hydrogen) atoms. The van der Waals surface area contributed by atoms with Crippen LogP contribution >= 0.6 is 49.9 Å². The molecule has 0 aliphatic rings. The van der Waals surface area contributed by atoms with Crippen LogP contribution in [0.3, 0.4) is 0 Å². The highest BCUT2D eigenvalue weighted by molar-refractivity contribution is 14.1. The molecule has 6 heteroatoms. The van der Waals surface area contributed by atoms with Gasteiger partial charge in [-0.05, 0) is 52.8 Å². The first-order valence-electron chi connectivity index (χ1n) is 5.55. The Balaban J connectivity index is 2.71. The lowest BCUT2D eigenvalue weighted by atomic mass is 10.1. The van der Waals surface area contributed by atoms with Gasteiger partial charge in [-0.2, -0.15) is 0 Å². The maximum absolute atomic E-state index is 11.2. The third-order valence-electron chi connectivity index (χ3n) is 2.77. The van der Waals surface area contributed by atoms with Gasteiger partial charge < -0.3 is 10.8 Å². The highest BCUT2D eigenvalue weighted by atomic mass is 127. The number of halogens is 2. The molecule has 1 aromatic carbocycles. The normalized spacial score (nSPS) is 10.7. The first-order valence-corrected chi connectivity index (χ1v) is 8.24. The maximum atomic E-state index is 11.2. The van der Waals surface area contributed by atoms with Gasteiger partial charge in [0.25, 0.3) is 0 Å². The summed E-state index contributed by atoms with van der Waals surface area (Å²) in [7, 11) is 0. The topological polar surface area (TPSA) is 63.3 Å². The molecule has 0 amide bonds. The van der Waals surface area contributed by atoms with E-state index >= 15 is 0 Å². The number of thiophene rings is 1. The average Bonchev–Trinajstić information content (AvgIpc) is 2.69. The Bertz CT molecular complexity index is 654. The molecule has 0 aliphatic heterocycles. The summed E-state index contributed by atoms with van der Waals surface area (Å²) < 4.78 is 2.04. The zero-order chi connectivity index (χ0) is 14.2. The summed E-state index contributed by atoms with van der Waals surface area (Å²) in [5.41, 5.74) is 8.24. The summed E-state index contributed by atoms with van der Waals surface area (Å²) in [5, 5.41) is 9.19. The van der Waals surface area contributed by atoms with Crippen molar-refractivity contribution in [1.29, 1.82) is 0 Å². The molecular formula is C13H11BrINO2S. The molecule has 2 rings (SSSR count). The summed E-state index contributed by atoms with van der Waals surface area (Å²) >= 11 is 6.99. The van der Waals surface area contributed by atoms with Crippen LogP contribution in [0.15, 0.2) is 22.7 Å². The molecule has 0 saturated heterocycles. The van der Waals surface area contributed by atoms with E-state index in [1.165, 1.54) is 11.3 Å². The van der Waals surface area contributed by atoms with Gasteiger partial charge in [0, 0.05) is 18.5 Å². The number of nitrogens with two attached hydrogens (primary N) is 1. The fourth-order valence-corrected chi connectivity index (χ4v) is 4.13. The number of carboxylic acids is 1. The van der Waals surface area contributed by atoms with Gasteiger partial charge in [0.1, 0.15) is 4.88 Å². The van der Waals surface area contributed by atoms with Crippen molar-refractivity contribution in [1.82, 2.24) is 0 Å². The second-order valence-electron chi connectivity index (χ2n) is 3.94. The lowest BCUT2D eigenvalue weighted by Crippen LogP contribution is -1.99. The molecule has 0 saturated carbocycles. The van der Waals surface area contributed by atoms with Gasteiger partial charge in [-0.1, -0.05) is 22.9 Å². The molecule has 3 N–H and O–H groups in total. The second-order valence-corrected chi connectivity index (χ2v) is 7.06. The predicted molar refractivity (Wildman–Crippen MR) is 90.9 cm³/mol. The summed E-state index contributed by atoms with van der Waals surface area (Å²) in [6.07, 6.45) is 0.711. The van der Waals surface area contributed by atoms with Crippen molar-refractivity contribution in [3.63, 3.8) is 0 Å². The molecule has 2 aromatic rings. The lowest BCUT2D eigenvalue weighted by Gasteiger charge is -2.06. The van der Waals surface area contributed by atoms with Crippen molar-refractivity contribution < 1.29 is 9.90 Å². The molecule has 0 spiro atoms. The minimum absolute atomic E-state index is 0.220. The van der Waals surface area contributed by atoms with Crippen LogP contribution in [-0.4, -0.2) is 11.1 Å². The number of carbonyl (C=O) groups is 1. The summed E-state index contributed by atoms with van der Waals surface area (Å²) in [6.45, 7) is 1.98.